The van der Waals surface area contributed by atoms with Gasteiger partial charge in [-0.3, -0.25) is 9.59 Å². The highest BCUT2D eigenvalue weighted by molar-refractivity contribution is 5.91. The van der Waals surface area contributed by atoms with E-state index >= 15 is 0 Å². The van der Waals surface area contributed by atoms with E-state index in [2.05, 4.69) is 17.4 Å². The molecule has 2 aliphatic rings. The minimum atomic E-state index is -0.730. The summed E-state index contributed by atoms with van der Waals surface area (Å²) < 4.78 is 0. The Bertz CT molecular complexity index is 1030. The predicted octanol–water partition coefficient (Wildman–Crippen LogP) is 3.21. The molecule has 0 fully saturated rings. The van der Waals surface area contributed by atoms with Gasteiger partial charge >= 0.3 is 0 Å². The average Bonchev–Trinajstić information content (AvgIpc) is 2.76. The monoisotopic (exact) mass is 435 g/mol. The highest BCUT2D eigenvalue weighted by atomic mass is 16.3. The first-order valence-corrected chi connectivity index (χ1v) is 11.4. The number of hydrogen-bond acceptors (Lipinski definition) is 4. The number of amides is 2. The lowest BCUT2D eigenvalue weighted by Gasteiger charge is -2.40. The molecular formula is C26H33N3O3. The van der Waals surface area contributed by atoms with Crippen molar-refractivity contribution in [2.24, 2.45) is 11.1 Å². The van der Waals surface area contributed by atoms with Gasteiger partial charge < -0.3 is 21.1 Å². The Morgan fingerprint density at radius 2 is 1.88 bits per heavy atom. The van der Waals surface area contributed by atoms with Gasteiger partial charge in [0, 0.05) is 13.0 Å². The maximum absolute atomic E-state index is 13.5. The topological polar surface area (TPSA) is 95.7 Å². The van der Waals surface area contributed by atoms with Crippen molar-refractivity contribution in [1.82, 2.24) is 10.2 Å². The fraction of sp³-hybridized carbons (Fsp3) is 0.462. The second-order valence-corrected chi connectivity index (χ2v) is 10.1. The average molecular weight is 436 g/mol. The first-order chi connectivity index (χ1) is 15.1. The zero-order valence-corrected chi connectivity index (χ0v) is 19.1. The third-order valence-electron chi connectivity index (χ3n) is 6.79. The van der Waals surface area contributed by atoms with E-state index in [1.807, 2.05) is 39.0 Å². The molecule has 0 saturated heterocycles. The van der Waals surface area contributed by atoms with Crippen molar-refractivity contribution >= 4 is 11.8 Å². The molecule has 4 N–H and O–H groups in total. The molecule has 1 aliphatic carbocycles. The molecule has 1 aliphatic heterocycles. The van der Waals surface area contributed by atoms with Crippen molar-refractivity contribution in [3.8, 4) is 5.75 Å². The summed E-state index contributed by atoms with van der Waals surface area (Å²) in [5.74, 6) is -0.242. The lowest BCUT2D eigenvalue weighted by Crippen LogP contribution is -2.59. The van der Waals surface area contributed by atoms with Gasteiger partial charge in [-0.2, -0.15) is 0 Å². The van der Waals surface area contributed by atoms with Crippen LogP contribution in [-0.2, 0) is 29.0 Å². The molecule has 3 atom stereocenters. The molecule has 6 heteroatoms. The summed E-state index contributed by atoms with van der Waals surface area (Å²) in [4.78, 5) is 28.5. The number of carbonyl (C=O) groups excluding carboxylic acids is 2. The Morgan fingerprint density at radius 1 is 1.12 bits per heavy atom. The van der Waals surface area contributed by atoms with Crippen LogP contribution in [0.1, 0.15) is 61.9 Å². The largest absolute Gasteiger partial charge is 0.508 e. The van der Waals surface area contributed by atoms with E-state index in [0.29, 0.717) is 6.42 Å². The molecule has 6 nitrogen and oxygen atoms in total. The Hall–Kier alpha value is -2.86. The zero-order valence-electron chi connectivity index (χ0n) is 19.1. The maximum Gasteiger partial charge on any atom is 0.243 e. The second-order valence-electron chi connectivity index (χ2n) is 10.1. The molecule has 32 heavy (non-hydrogen) atoms. The fourth-order valence-corrected chi connectivity index (χ4v) is 4.76. The Labute approximate surface area is 189 Å². The Balaban J connectivity index is 1.62. The van der Waals surface area contributed by atoms with Gasteiger partial charge in [-0.05, 0) is 59.1 Å². The molecule has 1 heterocycles. The number of fused-ring (bicyclic) bond motifs is 2. The van der Waals surface area contributed by atoms with Crippen LogP contribution in [0, 0.1) is 5.41 Å². The number of nitrogens with zero attached hydrogens (tertiary/aromatic N) is 1. The number of benzene rings is 2. The van der Waals surface area contributed by atoms with Crippen LogP contribution >= 0.6 is 0 Å². The lowest BCUT2D eigenvalue weighted by atomic mass is 9.84. The molecule has 2 aromatic rings. The highest BCUT2D eigenvalue weighted by Gasteiger charge is 2.40. The van der Waals surface area contributed by atoms with Gasteiger partial charge in [-0.15, -0.1) is 0 Å². The van der Waals surface area contributed by atoms with Crippen molar-refractivity contribution in [2.75, 3.05) is 0 Å². The number of hydrogen-bond donors (Lipinski definition) is 3. The number of nitrogens with two attached hydrogens (primary N) is 1. The van der Waals surface area contributed by atoms with E-state index in [4.69, 9.17) is 5.73 Å². The first kappa shape index (κ1) is 22.3. The van der Waals surface area contributed by atoms with Gasteiger partial charge in [0.2, 0.25) is 11.8 Å². The summed E-state index contributed by atoms with van der Waals surface area (Å²) in [6.45, 7) is 6.03. The number of nitrogens with one attached hydrogen (secondary N) is 1. The molecule has 2 amide bonds. The van der Waals surface area contributed by atoms with Crippen molar-refractivity contribution in [1.29, 1.82) is 0 Å². The van der Waals surface area contributed by atoms with E-state index in [-0.39, 0.29) is 30.2 Å². The standard InChI is InChI=1S/C26H33N3O3/c1-26(2,3)23(27)25(32)29-15-18-13-19(30)12-11-17(18)14-22(29)24(31)28-21-10-6-8-16-7-4-5-9-20(16)21/h4-5,7,9,11-13,21-23,30H,6,8,10,14-15,27H2,1-3H3,(H,28,31)/t21-,22?,23-/m1/s1. The third-order valence-corrected chi connectivity index (χ3v) is 6.79. The van der Waals surface area contributed by atoms with Crippen molar-refractivity contribution < 1.29 is 14.7 Å². The van der Waals surface area contributed by atoms with Crippen LogP contribution in [0.2, 0.25) is 0 Å². The van der Waals surface area contributed by atoms with E-state index in [0.717, 1.165) is 36.0 Å². The molecule has 0 radical (unpaired) electrons. The van der Waals surface area contributed by atoms with Crippen molar-refractivity contribution in [2.45, 2.75) is 71.1 Å². The van der Waals surface area contributed by atoms with Gasteiger partial charge in [0.05, 0.1) is 12.1 Å². The van der Waals surface area contributed by atoms with Crippen molar-refractivity contribution in [3.05, 3.63) is 64.7 Å². The zero-order chi connectivity index (χ0) is 23.0. The minimum absolute atomic E-state index is 0.0538. The van der Waals surface area contributed by atoms with Crippen LogP contribution in [0.4, 0.5) is 0 Å². The fourth-order valence-electron chi connectivity index (χ4n) is 4.76. The molecule has 0 aromatic heterocycles. The van der Waals surface area contributed by atoms with Gasteiger partial charge in [-0.25, -0.2) is 0 Å². The quantitative estimate of drug-likeness (QED) is 0.690. The first-order valence-electron chi connectivity index (χ1n) is 11.4. The number of aryl methyl sites for hydroxylation is 1. The predicted molar refractivity (Wildman–Crippen MR) is 124 cm³/mol. The summed E-state index contributed by atoms with van der Waals surface area (Å²) in [5.41, 5.74) is 10.1. The number of aromatic hydroxyl groups is 1. The minimum Gasteiger partial charge on any atom is -0.508 e. The number of rotatable bonds is 3. The van der Waals surface area contributed by atoms with Crippen LogP contribution < -0.4 is 11.1 Å². The summed E-state index contributed by atoms with van der Waals surface area (Å²) in [5, 5.41) is 13.2. The number of phenols is 1. The van der Waals surface area contributed by atoms with Crippen LogP contribution in [-0.4, -0.2) is 33.9 Å². The lowest BCUT2D eigenvalue weighted by molar-refractivity contribution is -0.145. The highest BCUT2D eigenvalue weighted by Crippen LogP contribution is 2.32. The summed E-state index contributed by atoms with van der Waals surface area (Å²) >= 11 is 0. The van der Waals surface area contributed by atoms with Gasteiger partial charge in [0.25, 0.3) is 0 Å². The molecule has 4 rings (SSSR count). The summed E-state index contributed by atoms with van der Waals surface area (Å²) in [7, 11) is 0. The van der Waals surface area contributed by atoms with Gasteiger partial charge in [0.1, 0.15) is 11.8 Å². The van der Waals surface area contributed by atoms with Crippen LogP contribution in [0.5, 0.6) is 5.75 Å². The third kappa shape index (κ3) is 4.37. The summed E-state index contributed by atoms with van der Waals surface area (Å²) in [6.07, 6.45) is 3.33. The normalized spacial score (nSPS) is 21.3. The van der Waals surface area contributed by atoms with E-state index in [9.17, 15) is 14.7 Å². The van der Waals surface area contributed by atoms with Crippen molar-refractivity contribution in [3.63, 3.8) is 0 Å². The Morgan fingerprint density at radius 3 is 2.62 bits per heavy atom. The molecule has 170 valence electrons. The molecule has 1 unspecified atom stereocenters. The molecule has 0 saturated carbocycles. The second kappa shape index (κ2) is 8.58. The van der Waals surface area contributed by atoms with Crippen LogP contribution in [0.25, 0.3) is 0 Å². The molecule has 0 bridgehead atoms. The number of carbonyl (C=O) groups is 2. The van der Waals surface area contributed by atoms with Gasteiger partial charge in [-0.1, -0.05) is 51.1 Å². The molecule has 2 aromatic carbocycles. The number of phenolic OH excluding ortho intramolecular Hbond substituents is 1. The van der Waals surface area contributed by atoms with Gasteiger partial charge in [0.15, 0.2) is 0 Å². The SMILES string of the molecule is CC(C)(C)[C@H](N)C(=O)N1Cc2cc(O)ccc2CC1C(=O)N[C@@H]1CCCc2ccccc21. The maximum atomic E-state index is 13.5. The molecule has 0 spiro atoms. The smallest absolute Gasteiger partial charge is 0.243 e. The van der Waals surface area contributed by atoms with E-state index in [1.165, 1.54) is 5.56 Å². The van der Waals surface area contributed by atoms with Crippen LogP contribution in [0.3, 0.4) is 0 Å². The van der Waals surface area contributed by atoms with E-state index < -0.39 is 17.5 Å². The van der Waals surface area contributed by atoms with Crippen LogP contribution in [0.15, 0.2) is 42.5 Å². The molecular weight excluding hydrogens is 402 g/mol. The Kier molecular flexibility index (Phi) is 5.99. The van der Waals surface area contributed by atoms with E-state index in [1.54, 1.807) is 17.0 Å². The summed E-state index contributed by atoms with van der Waals surface area (Å²) in [6, 6.07) is 12.0.